The van der Waals surface area contributed by atoms with Crippen molar-refractivity contribution in [2.24, 2.45) is 0 Å². The van der Waals surface area contributed by atoms with Crippen molar-refractivity contribution in [1.82, 2.24) is 15.1 Å². The highest BCUT2D eigenvalue weighted by Crippen LogP contribution is 2.15. The van der Waals surface area contributed by atoms with E-state index in [1.54, 1.807) is 0 Å². The van der Waals surface area contributed by atoms with E-state index < -0.39 is 0 Å². The minimum atomic E-state index is 0.169. The van der Waals surface area contributed by atoms with E-state index in [2.05, 4.69) is 23.9 Å². The van der Waals surface area contributed by atoms with Gasteiger partial charge in [-0.1, -0.05) is 31.2 Å². The minimum Gasteiger partial charge on any atom is -0.307 e. The maximum Gasteiger partial charge on any atom is 0.0645 e. The topological polar surface area (TPSA) is 29.9 Å². The van der Waals surface area contributed by atoms with Crippen LogP contribution < -0.4 is 5.32 Å². The fourth-order valence-corrected chi connectivity index (χ4v) is 1.86. The third-order valence-corrected chi connectivity index (χ3v) is 2.83. The van der Waals surface area contributed by atoms with Gasteiger partial charge in [0.05, 0.1) is 17.9 Å². The Morgan fingerprint density at radius 2 is 2.17 bits per heavy atom. The monoisotopic (exact) mass is 241 g/mol. The first kappa shape index (κ1) is 12.6. The van der Waals surface area contributed by atoms with Gasteiger partial charge in [-0.15, -0.1) is 6.58 Å². The first-order valence-corrected chi connectivity index (χ1v) is 6.31. The summed E-state index contributed by atoms with van der Waals surface area (Å²) in [4.78, 5) is 0. The summed E-state index contributed by atoms with van der Waals surface area (Å²) in [6, 6.07) is 10.3. The van der Waals surface area contributed by atoms with Crippen LogP contribution in [0.5, 0.6) is 0 Å². The molecule has 0 aliphatic rings. The van der Waals surface area contributed by atoms with Crippen LogP contribution in [-0.4, -0.2) is 16.3 Å². The Labute approximate surface area is 108 Å². The van der Waals surface area contributed by atoms with Crippen LogP contribution in [0, 0.1) is 0 Å². The zero-order valence-electron chi connectivity index (χ0n) is 10.7. The molecule has 0 radical (unpaired) electrons. The molecular formula is C15H19N3. The summed E-state index contributed by atoms with van der Waals surface area (Å²) < 4.78 is 1.89. The fraction of sp³-hybridized carbons (Fsp3) is 0.267. The molecule has 1 aromatic carbocycles. The maximum atomic E-state index is 4.39. The molecule has 1 atom stereocenters. The predicted molar refractivity (Wildman–Crippen MR) is 74.8 cm³/mol. The molecule has 3 heteroatoms. The van der Waals surface area contributed by atoms with Gasteiger partial charge < -0.3 is 5.32 Å². The summed E-state index contributed by atoms with van der Waals surface area (Å²) in [6.45, 7) is 7.01. The minimum absolute atomic E-state index is 0.169. The van der Waals surface area contributed by atoms with Gasteiger partial charge in [0.15, 0.2) is 0 Å². The fourth-order valence-electron chi connectivity index (χ4n) is 1.86. The summed E-state index contributed by atoms with van der Waals surface area (Å²) in [5.74, 6) is 0. The van der Waals surface area contributed by atoms with E-state index >= 15 is 0 Å². The Morgan fingerprint density at radius 1 is 1.39 bits per heavy atom. The highest BCUT2D eigenvalue weighted by Gasteiger charge is 2.09. The largest absolute Gasteiger partial charge is 0.307 e. The molecule has 0 saturated carbocycles. The Morgan fingerprint density at radius 3 is 2.83 bits per heavy atom. The van der Waals surface area contributed by atoms with Gasteiger partial charge in [-0.2, -0.15) is 5.10 Å². The summed E-state index contributed by atoms with van der Waals surface area (Å²) >= 11 is 0. The predicted octanol–water partition coefficient (Wildman–Crippen LogP) is 3.10. The van der Waals surface area contributed by atoms with Crippen molar-refractivity contribution in [1.29, 1.82) is 0 Å². The molecule has 2 rings (SSSR count). The van der Waals surface area contributed by atoms with Gasteiger partial charge in [0, 0.05) is 11.8 Å². The second kappa shape index (κ2) is 6.17. The molecule has 0 spiro atoms. The van der Waals surface area contributed by atoms with Gasteiger partial charge in [0.2, 0.25) is 0 Å². The van der Waals surface area contributed by atoms with Crippen LogP contribution in [0.3, 0.4) is 0 Å². The molecule has 0 aliphatic carbocycles. The number of hydrogen-bond acceptors (Lipinski definition) is 2. The van der Waals surface area contributed by atoms with Crippen LogP contribution in [0.4, 0.5) is 0 Å². The van der Waals surface area contributed by atoms with Gasteiger partial charge >= 0.3 is 0 Å². The first-order valence-electron chi connectivity index (χ1n) is 6.31. The summed E-state index contributed by atoms with van der Waals surface area (Å²) in [7, 11) is 0. The lowest BCUT2D eigenvalue weighted by molar-refractivity contribution is 0.613. The van der Waals surface area contributed by atoms with Crippen LogP contribution in [-0.2, 0) is 0 Å². The van der Waals surface area contributed by atoms with Crippen molar-refractivity contribution in [3.63, 3.8) is 0 Å². The molecule has 0 saturated heterocycles. The van der Waals surface area contributed by atoms with Gasteiger partial charge in [0.25, 0.3) is 0 Å². The van der Waals surface area contributed by atoms with E-state index in [0.29, 0.717) is 0 Å². The molecule has 1 aromatic heterocycles. The third-order valence-electron chi connectivity index (χ3n) is 2.83. The standard InChI is InChI=1S/C15H19N3/c1-3-10-16-15(4-2)13-11-17-18(12-13)14-8-6-5-7-9-14/h4-9,11-12,15-16H,2-3,10H2,1H3. The summed E-state index contributed by atoms with van der Waals surface area (Å²) in [5, 5.41) is 7.82. The van der Waals surface area contributed by atoms with Crippen molar-refractivity contribution in [2.45, 2.75) is 19.4 Å². The molecule has 94 valence electrons. The van der Waals surface area contributed by atoms with Crippen molar-refractivity contribution in [2.75, 3.05) is 6.54 Å². The van der Waals surface area contributed by atoms with Crippen molar-refractivity contribution >= 4 is 0 Å². The zero-order chi connectivity index (χ0) is 12.8. The highest BCUT2D eigenvalue weighted by atomic mass is 15.3. The van der Waals surface area contributed by atoms with E-state index in [9.17, 15) is 0 Å². The lowest BCUT2D eigenvalue weighted by atomic mass is 10.1. The van der Waals surface area contributed by atoms with Crippen LogP contribution in [0.15, 0.2) is 55.4 Å². The average molecular weight is 241 g/mol. The van der Waals surface area contributed by atoms with Crippen LogP contribution >= 0.6 is 0 Å². The molecule has 0 amide bonds. The number of aromatic nitrogens is 2. The third kappa shape index (κ3) is 2.87. The number of para-hydroxylation sites is 1. The number of rotatable bonds is 6. The van der Waals surface area contributed by atoms with Gasteiger partial charge in [-0.05, 0) is 25.1 Å². The van der Waals surface area contributed by atoms with Crippen molar-refractivity contribution < 1.29 is 0 Å². The van der Waals surface area contributed by atoms with E-state index in [4.69, 9.17) is 0 Å². The quantitative estimate of drug-likeness (QED) is 0.788. The Bertz CT molecular complexity index is 487. The number of benzene rings is 1. The molecule has 1 heterocycles. The van der Waals surface area contributed by atoms with E-state index in [0.717, 1.165) is 24.2 Å². The Kier molecular flexibility index (Phi) is 4.31. The van der Waals surface area contributed by atoms with E-state index in [1.807, 2.05) is 53.5 Å². The smallest absolute Gasteiger partial charge is 0.0645 e. The number of nitrogens with zero attached hydrogens (tertiary/aromatic N) is 2. The van der Waals surface area contributed by atoms with Crippen molar-refractivity contribution in [3.05, 3.63) is 60.9 Å². The van der Waals surface area contributed by atoms with Gasteiger partial charge in [0.1, 0.15) is 0 Å². The molecule has 3 nitrogen and oxygen atoms in total. The molecular weight excluding hydrogens is 222 g/mol. The summed E-state index contributed by atoms with van der Waals surface area (Å²) in [6.07, 6.45) is 6.96. The van der Waals surface area contributed by atoms with Crippen LogP contribution in [0.25, 0.3) is 5.69 Å². The highest BCUT2D eigenvalue weighted by molar-refractivity contribution is 5.31. The number of nitrogens with one attached hydrogen (secondary N) is 1. The normalized spacial score (nSPS) is 12.3. The molecule has 0 fully saturated rings. The van der Waals surface area contributed by atoms with Crippen LogP contribution in [0.2, 0.25) is 0 Å². The molecule has 2 aromatic rings. The van der Waals surface area contributed by atoms with E-state index in [1.165, 1.54) is 0 Å². The summed E-state index contributed by atoms with van der Waals surface area (Å²) in [5.41, 5.74) is 2.21. The lowest BCUT2D eigenvalue weighted by Crippen LogP contribution is -2.19. The molecule has 0 bridgehead atoms. The Balaban J connectivity index is 2.16. The average Bonchev–Trinajstić information content (AvgIpc) is 2.90. The van der Waals surface area contributed by atoms with Crippen LogP contribution in [0.1, 0.15) is 24.9 Å². The first-order chi connectivity index (χ1) is 8.85. The zero-order valence-corrected chi connectivity index (χ0v) is 10.7. The SMILES string of the molecule is C=CC(NCCC)c1cnn(-c2ccccc2)c1. The number of hydrogen-bond donors (Lipinski definition) is 1. The van der Waals surface area contributed by atoms with Gasteiger partial charge in [-0.3, -0.25) is 0 Å². The second-order valence-electron chi connectivity index (χ2n) is 4.22. The molecule has 1 unspecified atom stereocenters. The molecule has 0 aliphatic heterocycles. The lowest BCUT2D eigenvalue weighted by Gasteiger charge is -2.11. The van der Waals surface area contributed by atoms with E-state index in [-0.39, 0.29) is 6.04 Å². The van der Waals surface area contributed by atoms with Gasteiger partial charge in [-0.25, -0.2) is 4.68 Å². The maximum absolute atomic E-state index is 4.39. The second-order valence-corrected chi connectivity index (χ2v) is 4.22. The Hall–Kier alpha value is -1.87. The molecule has 1 N–H and O–H groups in total. The van der Waals surface area contributed by atoms with Crippen molar-refractivity contribution in [3.8, 4) is 5.69 Å². The molecule has 18 heavy (non-hydrogen) atoms.